The zero-order valence-electron chi connectivity index (χ0n) is 8.83. The van der Waals surface area contributed by atoms with Gasteiger partial charge < -0.3 is 9.84 Å². The second-order valence-electron chi connectivity index (χ2n) is 3.28. The molecule has 0 saturated heterocycles. The van der Waals surface area contributed by atoms with Crippen LogP contribution in [0.1, 0.15) is 10.5 Å². The molecule has 0 aliphatic carbocycles. The topological polar surface area (TPSA) is 55.1 Å². The molecule has 4 nitrogen and oxygen atoms in total. The Labute approximate surface area is 95.2 Å². The van der Waals surface area contributed by atoms with Gasteiger partial charge in [0.1, 0.15) is 11.6 Å². The first kappa shape index (κ1) is 11.3. The van der Waals surface area contributed by atoms with Gasteiger partial charge in [-0.3, -0.25) is 4.79 Å². The third-order valence-electron chi connectivity index (χ3n) is 2.17. The fourth-order valence-electron chi connectivity index (χ4n) is 1.33. The van der Waals surface area contributed by atoms with Crippen LogP contribution in [0, 0.1) is 11.6 Å². The molecule has 0 unspecified atom stereocenters. The van der Waals surface area contributed by atoms with Gasteiger partial charge in [0.15, 0.2) is 11.5 Å². The van der Waals surface area contributed by atoms with Gasteiger partial charge in [-0.25, -0.2) is 8.78 Å². The van der Waals surface area contributed by atoms with Crippen molar-refractivity contribution < 1.29 is 18.1 Å². The molecule has 0 bridgehead atoms. The van der Waals surface area contributed by atoms with Gasteiger partial charge in [-0.1, -0.05) is 5.16 Å². The van der Waals surface area contributed by atoms with Crippen molar-refractivity contribution in [3.8, 4) is 11.3 Å². The molecule has 17 heavy (non-hydrogen) atoms. The molecule has 2 rings (SSSR count). The van der Waals surface area contributed by atoms with E-state index >= 15 is 0 Å². The Hall–Kier alpha value is -2.24. The van der Waals surface area contributed by atoms with Gasteiger partial charge in [0.2, 0.25) is 0 Å². The number of carbonyl (C=O) groups excluding carboxylic acids is 1. The van der Waals surface area contributed by atoms with Crippen LogP contribution in [0.5, 0.6) is 0 Å². The standard InChI is InChI=1S/C11H8F2N2O2/c1-14-11(16)9-5-10(17-15-9)7-3-2-6(12)4-8(7)13/h2-5H,1H3,(H,14,16). The lowest BCUT2D eigenvalue weighted by molar-refractivity contribution is 0.0954. The Morgan fingerprint density at radius 1 is 1.35 bits per heavy atom. The Morgan fingerprint density at radius 2 is 2.12 bits per heavy atom. The third kappa shape index (κ3) is 2.15. The van der Waals surface area contributed by atoms with E-state index in [4.69, 9.17) is 4.52 Å². The van der Waals surface area contributed by atoms with Crippen molar-refractivity contribution in [2.24, 2.45) is 0 Å². The zero-order valence-corrected chi connectivity index (χ0v) is 8.83. The van der Waals surface area contributed by atoms with E-state index in [2.05, 4.69) is 10.5 Å². The Balaban J connectivity index is 2.40. The average Bonchev–Trinajstić information content (AvgIpc) is 2.77. The number of amides is 1. The summed E-state index contributed by atoms with van der Waals surface area (Å²) in [7, 11) is 1.44. The molecule has 6 heteroatoms. The summed E-state index contributed by atoms with van der Waals surface area (Å²) in [5.74, 6) is -1.83. The molecule has 1 aromatic heterocycles. The molecule has 0 saturated carbocycles. The van der Waals surface area contributed by atoms with E-state index in [-0.39, 0.29) is 17.0 Å². The summed E-state index contributed by atoms with van der Waals surface area (Å²) >= 11 is 0. The maximum Gasteiger partial charge on any atom is 0.273 e. The van der Waals surface area contributed by atoms with Crippen LogP contribution >= 0.6 is 0 Å². The largest absolute Gasteiger partial charge is 0.355 e. The van der Waals surface area contributed by atoms with Crippen LogP contribution in [0.3, 0.4) is 0 Å². The molecule has 1 N–H and O–H groups in total. The summed E-state index contributed by atoms with van der Waals surface area (Å²) in [6, 6.07) is 4.34. The quantitative estimate of drug-likeness (QED) is 0.870. The van der Waals surface area contributed by atoms with E-state index in [0.29, 0.717) is 0 Å². The minimum Gasteiger partial charge on any atom is -0.355 e. The molecule has 0 atom stereocenters. The number of rotatable bonds is 2. The number of carbonyl (C=O) groups is 1. The second kappa shape index (κ2) is 4.32. The van der Waals surface area contributed by atoms with Gasteiger partial charge >= 0.3 is 0 Å². The molecular formula is C11H8F2N2O2. The average molecular weight is 238 g/mol. The fourth-order valence-corrected chi connectivity index (χ4v) is 1.33. The summed E-state index contributed by atoms with van der Waals surface area (Å²) < 4.78 is 30.9. The maximum absolute atomic E-state index is 13.4. The van der Waals surface area contributed by atoms with Gasteiger partial charge in [0.25, 0.3) is 5.91 Å². The molecule has 1 amide bonds. The third-order valence-corrected chi connectivity index (χ3v) is 2.17. The van der Waals surface area contributed by atoms with Crippen molar-refractivity contribution >= 4 is 5.91 Å². The highest BCUT2D eigenvalue weighted by molar-refractivity contribution is 5.92. The van der Waals surface area contributed by atoms with Crippen molar-refractivity contribution in [3.05, 3.63) is 41.6 Å². The van der Waals surface area contributed by atoms with Crippen LogP contribution in [-0.4, -0.2) is 18.1 Å². The lowest BCUT2D eigenvalue weighted by Crippen LogP contribution is -2.17. The fraction of sp³-hybridized carbons (Fsp3) is 0.0909. The van der Waals surface area contributed by atoms with Crippen LogP contribution in [0.2, 0.25) is 0 Å². The number of nitrogens with one attached hydrogen (secondary N) is 1. The first-order valence-corrected chi connectivity index (χ1v) is 4.76. The molecule has 0 fully saturated rings. The first-order chi connectivity index (χ1) is 8.11. The molecule has 88 valence electrons. The molecule has 0 spiro atoms. The van der Waals surface area contributed by atoms with E-state index in [1.54, 1.807) is 0 Å². The summed E-state index contributed by atoms with van der Waals surface area (Å²) in [5, 5.41) is 5.83. The van der Waals surface area contributed by atoms with Crippen molar-refractivity contribution in [2.75, 3.05) is 7.05 Å². The monoisotopic (exact) mass is 238 g/mol. The molecule has 1 heterocycles. The highest BCUT2D eigenvalue weighted by Crippen LogP contribution is 2.24. The van der Waals surface area contributed by atoms with Crippen molar-refractivity contribution in [2.45, 2.75) is 0 Å². The number of halogens is 2. The number of hydrogen-bond acceptors (Lipinski definition) is 3. The van der Waals surface area contributed by atoms with E-state index in [0.717, 1.165) is 12.1 Å². The predicted molar refractivity (Wildman–Crippen MR) is 55.2 cm³/mol. The van der Waals surface area contributed by atoms with Gasteiger partial charge in [0, 0.05) is 19.2 Å². The lowest BCUT2D eigenvalue weighted by atomic mass is 10.1. The molecule has 0 radical (unpaired) electrons. The van der Waals surface area contributed by atoms with Crippen LogP contribution < -0.4 is 5.32 Å². The van der Waals surface area contributed by atoms with E-state index in [9.17, 15) is 13.6 Å². The zero-order chi connectivity index (χ0) is 12.4. The van der Waals surface area contributed by atoms with Crippen LogP contribution in [0.25, 0.3) is 11.3 Å². The highest BCUT2D eigenvalue weighted by Gasteiger charge is 2.15. The second-order valence-corrected chi connectivity index (χ2v) is 3.28. The van der Waals surface area contributed by atoms with E-state index in [1.165, 1.54) is 19.2 Å². The predicted octanol–water partition coefficient (Wildman–Crippen LogP) is 1.98. The van der Waals surface area contributed by atoms with Crippen LogP contribution in [0.15, 0.2) is 28.8 Å². The minimum absolute atomic E-state index is 0.0335. The number of nitrogens with zero attached hydrogens (tertiary/aromatic N) is 1. The summed E-state index contributed by atoms with van der Waals surface area (Å²) in [5.41, 5.74) is 0.0836. The molecule has 0 aliphatic heterocycles. The van der Waals surface area contributed by atoms with Crippen molar-refractivity contribution in [1.29, 1.82) is 0 Å². The molecule has 1 aromatic carbocycles. The number of benzene rings is 1. The Kier molecular flexibility index (Phi) is 2.86. The van der Waals surface area contributed by atoms with Crippen molar-refractivity contribution in [3.63, 3.8) is 0 Å². The Morgan fingerprint density at radius 3 is 2.76 bits per heavy atom. The van der Waals surface area contributed by atoms with Crippen molar-refractivity contribution in [1.82, 2.24) is 10.5 Å². The normalized spacial score (nSPS) is 10.3. The smallest absolute Gasteiger partial charge is 0.273 e. The van der Waals surface area contributed by atoms with E-state index < -0.39 is 17.5 Å². The summed E-state index contributed by atoms with van der Waals surface area (Å²) in [4.78, 5) is 11.2. The van der Waals surface area contributed by atoms with Crippen LogP contribution in [0.4, 0.5) is 8.78 Å². The van der Waals surface area contributed by atoms with Gasteiger partial charge in [-0.05, 0) is 12.1 Å². The van der Waals surface area contributed by atoms with Gasteiger partial charge in [-0.15, -0.1) is 0 Å². The molecule has 2 aromatic rings. The maximum atomic E-state index is 13.4. The van der Waals surface area contributed by atoms with Gasteiger partial charge in [-0.2, -0.15) is 0 Å². The minimum atomic E-state index is -0.774. The van der Waals surface area contributed by atoms with Gasteiger partial charge in [0.05, 0.1) is 5.56 Å². The first-order valence-electron chi connectivity index (χ1n) is 4.76. The highest BCUT2D eigenvalue weighted by atomic mass is 19.1. The Bertz CT molecular complexity index is 566. The molecule has 0 aliphatic rings. The molecular weight excluding hydrogens is 230 g/mol. The summed E-state index contributed by atoms with van der Waals surface area (Å²) in [6.45, 7) is 0. The van der Waals surface area contributed by atoms with E-state index in [1.807, 2.05) is 0 Å². The lowest BCUT2D eigenvalue weighted by Gasteiger charge is -1.97. The number of hydrogen-bond donors (Lipinski definition) is 1. The van der Waals surface area contributed by atoms with Crippen LogP contribution in [-0.2, 0) is 0 Å². The SMILES string of the molecule is CNC(=O)c1cc(-c2ccc(F)cc2F)on1. The number of aromatic nitrogens is 1. The summed E-state index contributed by atoms with van der Waals surface area (Å²) in [6.07, 6.45) is 0.